The third-order valence-corrected chi connectivity index (χ3v) is 5.88. The van der Waals surface area contributed by atoms with Crippen molar-refractivity contribution in [2.45, 2.75) is 32.7 Å². The largest absolute Gasteiger partial charge is 0.352 e. The van der Waals surface area contributed by atoms with E-state index < -0.39 is 0 Å². The average molecular weight is 350 g/mol. The second-order valence-corrected chi connectivity index (χ2v) is 7.27. The molecular weight excluding hydrogens is 332 g/mol. The molecule has 1 N–H and O–H groups in total. The molecule has 0 saturated carbocycles. The number of amides is 2. The Morgan fingerprint density at radius 2 is 2.26 bits per heavy atom. The van der Waals surface area contributed by atoms with Crippen LogP contribution in [0.1, 0.15) is 55.7 Å². The molecule has 0 aliphatic carbocycles. The first kappa shape index (κ1) is 16.1. The van der Waals surface area contributed by atoms with Crippen LogP contribution >= 0.6 is 22.9 Å². The highest BCUT2D eigenvalue weighted by Gasteiger charge is 2.33. The fourth-order valence-corrected chi connectivity index (χ4v) is 4.45. The zero-order valence-corrected chi connectivity index (χ0v) is 14.7. The summed E-state index contributed by atoms with van der Waals surface area (Å²) in [6.07, 6.45) is 1.89. The molecule has 8 heteroatoms. The molecule has 1 atom stereocenters. The van der Waals surface area contributed by atoms with Crippen LogP contribution in [0.3, 0.4) is 0 Å². The third-order valence-electron chi connectivity index (χ3n) is 3.88. The third kappa shape index (κ3) is 3.13. The lowest BCUT2D eigenvalue weighted by molar-refractivity contribution is 0.0741. The molecule has 122 valence electrons. The molecule has 0 aromatic carbocycles. The first-order valence-electron chi connectivity index (χ1n) is 7.59. The average Bonchev–Trinajstić information content (AvgIpc) is 3.26. The Hall–Kier alpha value is -1.80. The van der Waals surface area contributed by atoms with Gasteiger partial charge in [-0.2, -0.15) is 0 Å². The Morgan fingerprint density at radius 1 is 1.43 bits per heavy atom. The number of nitrogens with zero attached hydrogens (tertiary/aromatic N) is 3. The lowest BCUT2D eigenvalue weighted by Crippen LogP contribution is -2.30. The van der Waals surface area contributed by atoms with Crippen molar-refractivity contribution in [3.8, 4) is 0 Å². The summed E-state index contributed by atoms with van der Waals surface area (Å²) in [5.41, 5.74) is 0.680. The normalized spacial score (nSPS) is 17.5. The Morgan fingerprint density at radius 3 is 2.96 bits per heavy atom. The molecule has 0 spiro atoms. The van der Waals surface area contributed by atoms with Gasteiger partial charge in [0, 0.05) is 18.0 Å². The molecule has 0 unspecified atom stereocenters. The van der Waals surface area contributed by atoms with Crippen LogP contribution in [-0.4, -0.2) is 39.4 Å². The Kier molecular flexibility index (Phi) is 4.72. The zero-order valence-electron chi connectivity index (χ0n) is 13.0. The standard InChI is InChI=1S/C15H18N4O2S2/c1-3-16-14(20)12-7-6-11(22-12)10-5-4-8-19(10)15(21)13-9(2)17-18-23-13/h6-7,10H,3-5,8H2,1-2H3,(H,16,20)/t10-/m1/s1. The number of hydrogen-bond donors (Lipinski definition) is 1. The molecule has 2 amide bonds. The molecule has 1 aliphatic heterocycles. The van der Waals surface area contributed by atoms with Crippen molar-refractivity contribution >= 4 is 34.7 Å². The van der Waals surface area contributed by atoms with Gasteiger partial charge in [-0.1, -0.05) is 4.49 Å². The van der Waals surface area contributed by atoms with E-state index in [4.69, 9.17) is 0 Å². The van der Waals surface area contributed by atoms with E-state index in [1.165, 1.54) is 11.3 Å². The van der Waals surface area contributed by atoms with Crippen LogP contribution in [0.25, 0.3) is 0 Å². The number of carbonyl (C=O) groups is 2. The molecule has 2 aromatic heterocycles. The fourth-order valence-electron chi connectivity index (χ4n) is 2.77. The number of nitrogens with one attached hydrogen (secondary N) is 1. The zero-order chi connectivity index (χ0) is 16.4. The summed E-state index contributed by atoms with van der Waals surface area (Å²) in [6.45, 7) is 5.04. The first-order valence-corrected chi connectivity index (χ1v) is 9.18. The second-order valence-electron chi connectivity index (χ2n) is 5.41. The highest BCUT2D eigenvalue weighted by atomic mass is 32.1. The molecule has 0 bridgehead atoms. The van der Waals surface area contributed by atoms with E-state index in [2.05, 4.69) is 14.9 Å². The van der Waals surface area contributed by atoms with Crippen LogP contribution in [0.2, 0.25) is 0 Å². The molecule has 1 fully saturated rings. The number of aryl methyl sites for hydroxylation is 1. The van der Waals surface area contributed by atoms with E-state index in [1.807, 2.05) is 24.0 Å². The number of hydrogen-bond acceptors (Lipinski definition) is 6. The topological polar surface area (TPSA) is 75.2 Å². The minimum Gasteiger partial charge on any atom is -0.352 e. The summed E-state index contributed by atoms with van der Waals surface area (Å²) in [5, 5.41) is 6.73. The van der Waals surface area contributed by atoms with Crippen molar-refractivity contribution in [2.75, 3.05) is 13.1 Å². The van der Waals surface area contributed by atoms with Crippen LogP contribution in [0.15, 0.2) is 12.1 Å². The second kappa shape index (κ2) is 6.76. The SMILES string of the molecule is CCNC(=O)c1ccc([C@H]2CCCN2C(=O)c2snnc2C)s1. The monoisotopic (exact) mass is 350 g/mol. The summed E-state index contributed by atoms with van der Waals surface area (Å²) >= 11 is 2.61. The smallest absolute Gasteiger partial charge is 0.268 e. The number of carbonyl (C=O) groups excluding carboxylic acids is 2. The Balaban J connectivity index is 1.81. The van der Waals surface area contributed by atoms with Gasteiger partial charge in [-0.05, 0) is 50.4 Å². The highest BCUT2D eigenvalue weighted by molar-refractivity contribution is 7.14. The maximum absolute atomic E-state index is 12.7. The maximum atomic E-state index is 12.7. The molecule has 0 radical (unpaired) electrons. The van der Waals surface area contributed by atoms with Crippen molar-refractivity contribution in [3.05, 3.63) is 32.5 Å². The maximum Gasteiger partial charge on any atom is 0.268 e. The van der Waals surface area contributed by atoms with Gasteiger partial charge in [0.1, 0.15) is 4.88 Å². The van der Waals surface area contributed by atoms with Crippen molar-refractivity contribution in [3.63, 3.8) is 0 Å². The number of thiophene rings is 1. The van der Waals surface area contributed by atoms with E-state index in [-0.39, 0.29) is 17.9 Å². The summed E-state index contributed by atoms with van der Waals surface area (Å²) in [4.78, 5) is 28.9. The van der Waals surface area contributed by atoms with Gasteiger partial charge in [0.2, 0.25) is 0 Å². The quantitative estimate of drug-likeness (QED) is 0.920. The van der Waals surface area contributed by atoms with Gasteiger partial charge in [0.25, 0.3) is 11.8 Å². The van der Waals surface area contributed by atoms with Crippen LogP contribution in [0.5, 0.6) is 0 Å². The molecule has 3 rings (SSSR count). The van der Waals surface area contributed by atoms with E-state index in [9.17, 15) is 9.59 Å². The summed E-state index contributed by atoms with van der Waals surface area (Å²) in [7, 11) is 0. The number of aromatic nitrogens is 2. The molecule has 1 saturated heterocycles. The van der Waals surface area contributed by atoms with E-state index in [0.717, 1.165) is 35.8 Å². The molecule has 23 heavy (non-hydrogen) atoms. The summed E-state index contributed by atoms with van der Waals surface area (Å²) in [6, 6.07) is 3.84. The first-order chi connectivity index (χ1) is 11.1. The fraction of sp³-hybridized carbons (Fsp3) is 0.467. The Labute approximate surface area is 142 Å². The lowest BCUT2D eigenvalue weighted by atomic mass is 10.2. The van der Waals surface area contributed by atoms with Gasteiger partial charge in [0.05, 0.1) is 16.6 Å². The molecule has 1 aliphatic rings. The van der Waals surface area contributed by atoms with Gasteiger partial charge in [-0.25, -0.2) is 0 Å². The van der Waals surface area contributed by atoms with Gasteiger partial charge >= 0.3 is 0 Å². The highest BCUT2D eigenvalue weighted by Crippen LogP contribution is 2.37. The van der Waals surface area contributed by atoms with Crippen molar-refractivity contribution < 1.29 is 9.59 Å². The summed E-state index contributed by atoms with van der Waals surface area (Å²) < 4.78 is 3.85. The minimum atomic E-state index is -0.0536. The molecule has 2 aromatic rings. The van der Waals surface area contributed by atoms with Gasteiger partial charge in [-0.15, -0.1) is 16.4 Å². The van der Waals surface area contributed by atoms with Crippen molar-refractivity contribution in [1.82, 2.24) is 19.8 Å². The van der Waals surface area contributed by atoms with Crippen LogP contribution < -0.4 is 5.32 Å². The minimum absolute atomic E-state index is 0.00652. The van der Waals surface area contributed by atoms with Gasteiger partial charge < -0.3 is 10.2 Å². The van der Waals surface area contributed by atoms with Crippen LogP contribution in [0, 0.1) is 6.92 Å². The lowest BCUT2D eigenvalue weighted by Gasteiger charge is -2.23. The number of likely N-dealkylation sites (tertiary alicyclic amines) is 1. The van der Waals surface area contributed by atoms with Crippen LogP contribution in [0.4, 0.5) is 0 Å². The Bertz CT molecular complexity index is 725. The van der Waals surface area contributed by atoms with Crippen molar-refractivity contribution in [1.29, 1.82) is 0 Å². The molecule has 3 heterocycles. The van der Waals surface area contributed by atoms with E-state index in [0.29, 0.717) is 22.0 Å². The predicted octanol–water partition coefficient (Wildman–Crippen LogP) is 2.64. The van der Waals surface area contributed by atoms with E-state index in [1.54, 1.807) is 6.92 Å². The predicted molar refractivity (Wildman–Crippen MR) is 90.0 cm³/mol. The molecular formula is C15H18N4O2S2. The van der Waals surface area contributed by atoms with Crippen molar-refractivity contribution in [2.24, 2.45) is 0 Å². The summed E-state index contributed by atoms with van der Waals surface area (Å²) in [5.74, 6) is -0.0601. The number of rotatable bonds is 4. The molecule has 6 nitrogen and oxygen atoms in total. The van der Waals surface area contributed by atoms with Gasteiger partial charge in [0.15, 0.2) is 0 Å². The van der Waals surface area contributed by atoms with Crippen LogP contribution in [-0.2, 0) is 0 Å². The van der Waals surface area contributed by atoms with E-state index >= 15 is 0 Å². The van der Waals surface area contributed by atoms with Gasteiger partial charge in [-0.3, -0.25) is 9.59 Å².